The smallest absolute Gasteiger partial charge is 0.109 e. The van der Waals surface area contributed by atoms with E-state index in [9.17, 15) is 0 Å². The molecule has 2 heterocycles. The predicted octanol–water partition coefficient (Wildman–Crippen LogP) is 1.75. The molecule has 3 heteroatoms. The van der Waals surface area contributed by atoms with Crippen LogP contribution in [-0.4, -0.2) is 22.6 Å². The van der Waals surface area contributed by atoms with E-state index in [1.165, 1.54) is 50.4 Å². The summed E-state index contributed by atoms with van der Waals surface area (Å²) < 4.78 is 2.45. The molecular formula is C13H21N3. The molecule has 88 valence electrons. The predicted molar refractivity (Wildman–Crippen MR) is 64.4 cm³/mol. The number of rotatable bonds is 4. The van der Waals surface area contributed by atoms with Crippen molar-refractivity contribution in [2.75, 3.05) is 13.1 Å². The first-order valence-corrected chi connectivity index (χ1v) is 6.54. The zero-order chi connectivity index (χ0) is 11.0. The average molecular weight is 219 g/mol. The lowest BCUT2D eigenvalue weighted by Crippen LogP contribution is -2.15. The summed E-state index contributed by atoms with van der Waals surface area (Å²) in [5.74, 6) is 3.06. The van der Waals surface area contributed by atoms with Gasteiger partial charge in [0.2, 0.25) is 0 Å². The lowest BCUT2D eigenvalue weighted by molar-refractivity contribution is 0.515. The second kappa shape index (κ2) is 4.21. The van der Waals surface area contributed by atoms with Gasteiger partial charge in [-0.2, -0.15) is 0 Å². The van der Waals surface area contributed by atoms with E-state index in [1.807, 2.05) is 6.20 Å². The first kappa shape index (κ1) is 10.3. The number of nitrogens with one attached hydrogen (secondary N) is 1. The first-order chi connectivity index (χ1) is 7.83. The number of hydrogen-bond acceptors (Lipinski definition) is 2. The number of aromatic nitrogens is 2. The molecule has 1 aromatic rings. The van der Waals surface area contributed by atoms with E-state index in [0.717, 1.165) is 18.3 Å². The summed E-state index contributed by atoms with van der Waals surface area (Å²) in [6.07, 6.45) is 7.35. The zero-order valence-corrected chi connectivity index (χ0v) is 10.1. The Labute approximate surface area is 97.3 Å². The molecule has 0 bridgehead atoms. The molecule has 0 aromatic carbocycles. The molecule has 1 atom stereocenters. The summed E-state index contributed by atoms with van der Waals surface area (Å²) >= 11 is 0. The molecule has 2 fully saturated rings. The Bertz CT molecular complexity index is 359. The van der Waals surface area contributed by atoms with Crippen LogP contribution in [0.15, 0.2) is 6.20 Å². The molecule has 16 heavy (non-hydrogen) atoms. The van der Waals surface area contributed by atoms with E-state index in [4.69, 9.17) is 0 Å². The molecule has 3 nitrogen and oxygen atoms in total. The van der Waals surface area contributed by atoms with Gasteiger partial charge in [-0.25, -0.2) is 4.98 Å². The minimum Gasteiger partial charge on any atom is -0.332 e. The topological polar surface area (TPSA) is 29.9 Å². The van der Waals surface area contributed by atoms with Crippen molar-refractivity contribution in [1.82, 2.24) is 14.9 Å². The van der Waals surface area contributed by atoms with Crippen molar-refractivity contribution in [2.24, 2.45) is 11.8 Å². The van der Waals surface area contributed by atoms with Gasteiger partial charge in [-0.3, -0.25) is 0 Å². The lowest BCUT2D eigenvalue weighted by atomic mass is 10.0. The monoisotopic (exact) mass is 219 g/mol. The minimum atomic E-state index is 0.805. The van der Waals surface area contributed by atoms with Gasteiger partial charge in [-0.1, -0.05) is 0 Å². The van der Waals surface area contributed by atoms with Gasteiger partial charge < -0.3 is 9.88 Å². The standard InChI is InChI=1S/C13H21N3/c1-10-7-15-13(6-12-4-5-14-8-12)16(10)9-11-2-3-11/h7,11-12,14H,2-6,8-9H2,1H3. The highest BCUT2D eigenvalue weighted by Gasteiger charge is 2.24. The van der Waals surface area contributed by atoms with Gasteiger partial charge in [-0.05, 0) is 51.1 Å². The summed E-state index contributed by atoms with van der Waals surface area (Å²) in [5, 5.41) is 3.43. The van der Waals surface area contributed by atoms with E-state index in [-0.39, 0.29) is 0 Å². The van der Waals surface area contributed by atoms with Gasteiger partial charge in [0, 0.05) is 24.9 Å². The van der Waals surface area contributed by atoms with Crippen LogP contribution in [0, 0.1) is 18.8 Å². The third-order valence-electron chi connectivity index (χ3n) is 3.91. The Kier molecular flexibility index (Phi) is 2.72. The highest BCUT2D eigenvalue weighted by Crippen LogP contribution is 2.31. The maximum atomic E-state index is 4.60. The molecule has 1 aliphatic heterocycles. The molecule has 3 rings (SSSR count). The van der Waals surface area contributed by atoms with Crippen molar-refractivity contribution >= 4 is 0 Å². The second-order valence-corrected chi connectivity index (χ2v) is 5.43. The Morgan fingerprint density at radius 2 is 2.25 bits per heavy atom. The van der Waals surface area contributed by atoms with Crippen molar-refractivity contribution in [2.45, 2.75) is 39.2 Å². The zero-order valence-electron chi connectivity index (χ0n) is 10.1. The molecule has 0 amide bonds. The summed E-state index contributed by atoms with van der Waals surface area (Å²) in [4.78, 5) is 4.60. The van der Waals surface area contributed by atoms with Crippen LogP contribution >= 0.6 is 0 Å². The number of imidazole rings is 1. The molecule has 0 radical (unpaired) electrons. The van der Waals surface area contributed by atoms with Crippen molar-refractivity contribution in [1.29, 1.82) is 0 Å². The van der Waals surface area contributed by atoms with Crippen LogP contribution in [0.3, 0.4) is 0 Å². The summed E-state index contributed by atoms with van der Waals surface area (Å²) in [5.41, 5.74) is 1.34. The largest absolute Gasteiger partial charge is 0.332 e. The van der Waals surface area contributed by atoms with E-state index >= 15 is 0 Å². The van der Waals surface area contributed by atoms with Crippen molar-refractivity contribution in [3.8, 4) is 0 Å². The van der Waals surface area contributed by atoms with Crippen molar-refractivity contribution in [3.05, 3.63) is 17.7 Å². The second-order valence-electron chi connectivity index (χ2n) is 5.43. The maximum Gasteiger partial charge on any atom is 0.109 e. The molecule has 1 N–H and O–H groups in total. The Morgan fingerprint density at radius 3 is 2.94 bits per heavy atom. The van der Waals surface area contributed by atoms with Crippen LogP contribution in [-0.2, 0) is 13.0 Å². The molecule has 2 aliphatic rings. The Morgan fingerprint density at radius 1 is 1.38 bits per heavy atom. The van der Waals surface area contributed by atoms with Gasteiger partial charge >= 0.3 is 0 Å². The summed E-state index contributed by atoms with van der Waals surface area (Å²) in [6.45, 7) is 5.76. The van der Waals surface area contributed by atoms with Gasteiger partial charge in [0.05, 0.1) is 0 Å². The van der Waals surface area contributed by atoms with E-state index in [2.05, 4.69) is 21.8 Å². The Balaban J connectivity index is 1.71. The normalized spacial score (nSPS) is 25.2. The molecule has 1 saturated heterocycles. The minimum absolute atomic E-state index is 0.805. The van der Waals surface area contributed by atoms with Crippen molar-refractivity contribution < 1.29 is 0 Å². The number of nitrogens with zero attached hydrogens (tertiary/aromatic N) is 2. The summed E-state index contributed by atoms with van der Waals surface area (Å²) in [7, 11) is 0. The fourth-order valence-electron chi connectivity index (χ4n) is 2.63. The highest BCUT2D eigenvalue weighted by atomic mass is 15.1. The Hall–Kier alpha value is -0.830. The number of hydrogen-bond donors (Lipinski definition) is 1. The van der Waals surface area contributed by atoms with Crippen LogP contribution in [0.1, 0.15) is 30.8 Å². The third-order valence-corrected chi connectivity index (χ3v) is 3.91. The fourth-order valence-corrected chi connectivity index (χ4v) is 2.63. The van der Waals surface area contributed by atoms with Gasteiger partial charge in [-0.15, -0.1) is 0 Å². The molecule has 1 aliphatic carbocycles. The summed E-state index contributed by atoms with van der Waals surface area (Å²) in [6, 6.07) is 0. The van der Waals surface area contributed by atoms with E-state index < -0.39 is 0 Å². The van der Waals surface area contributed by atoms with E-state index in [0.29, 0.717) is 0 Å². The quantitative estimate of drug-likeness (QED) is 0.836. The average Bonchev–Trinajstić information content (AvgIpc) is 2.84. The van der Waals surface area contributed by atoms with Crippen molar-refractivity contribution in [3.63, 3.8) is 0 Å². The molecular weight excluding hydrogens is 198 g/mol. The first-order valence-electron chi connectivity index (χ1n) is 6.54. The van der Waals surface area contributed by atoms with Gasteiger partial charge in [0.25, 0.3) is 0 Å². The number of aryl methyl sites for hydroxylation is 1. The maximum absolute atomic E-state index is 4.60. The van der Waals surface area contributed by atoms with Gasteiger partial charge in [0.1, 0.15) is 5.82 Å². The lowest BCUT2D eigenvalue weighted by Gasteiger charge is -2.12. The molecule has 1 aromatic heterocycles. The van der Waals surface area contributed by atoms with Crippen LogP contribution < -0.4 is 5.32 Å². The van der Waals surface area contributed by atoms with Gasteiger partial charge in [0.15, 0.2) is 0 Å². The van der Waals surface area contributed by atoms with Crippen LogP contribution in [0.25, 0.3) is 0 Å². The van der Waals surface area contributed by atoms with Crippen LogP contribution in [0.4, 0.5) is 0 Å². The molecule has 1 unspecified atom stereocenters. The molecule has 1 saturated carbocycles. The highest BCUT2D eigenvalue weighted by molar-refractivity contribution is 5.05. The van der Waals surface area contributed by atoms with Crippen LogP contribution in [0.5, 0.6) is 0 Å². The fraction of sp³-hybridized carbons (Fsp3) is 0.769. The SMILES string of the molecule is Cc1cnc(CC2CCNC2)n1CC1CC1. The molecule has 0 spiro atoms. The van der Waals surface area contributed by atoms with E-state index in [1.54, 1.807) is 0 Å². The van der Waals surface area contributed by atoms with Crippen LogP contribution in [0.2, 0.25) is 0 Å². The third kappa shape index (κ3) is 2.14.